The molecular weight excluding hydrogens is 125 g/mol. The lowest BCUT2D eigenvalue weighted by Crippen LogP contribution is -2.19. The molecule has 0 bridgehead atoms. The zero-order chi connectivity index (χ0) is 6.08. The summed E-state index contributed by atoms with van der Waals surface area (Å²) in [6, 6.07) is 0. The fourth-order valence-corrected chi connectivity index (χ4v) is 0. The maximum Gasteiger partial charge on any atom is 0.574 e. The molecule has 0 unspecified atom stereocenters. The van der Waals surface area contributed by atoms with Gasteiger partial charge in [-0.25, -0.2) is 0 Å². The second kappa shape index (κ2) is 1.94. The van der Waals surface area contributed by atoms with Crippen LogP contribution in [0.25, 0.3) is 0 Å². The number of rotatable bonds is 0. The first kappa shape index (κ1) is 7.14. The molecule has 0 saturated heterocycles. The van der Waals surface area contributed by atoms with Crippen molar-refractivity contribution in [2.75, 3.05) is 12.5 Å². The van der Waals surface area contributed by atoms with Crippen molar-refractivity contribution in [2.45, 2.75) is 5.51 Å². The molecule has 0 atom stereocenters. The predicted octanol–water partition coefficient (Wildman–Crippen LogP) is 1.38. The quantitative estimate of drug-likeness (QED) is 0.436. The molecule has 4 heteroatoms. The first-order chi connectivity index (χ1) is 2.94. The third kappa shape index (κ3) is 2.79. The Labute approximate surface area is 43.1 Å². The zero-order valence-corrected chi connectivity index (χ0v) is 4.86. The number of alkyl halides is 3. The van der Waals surface area contributed by atoms with Crippen molar-refractivity contribution in [2.24, 2.45) is 0 Å². The van der Waals surface area contributed by atoms with Gasteiger partial charge in [-0.1, -0.05) is 0 Å². The highest BCUT2D eigenvalue weighted by atomic mass is 32.2. The van der Waals surface area contributed by atoms with Gasteiger partial charge in [0.25, 0.3) is 0 Å². The fourth-order valence-electron chi connectivity index (χ4n) is 0. The average molecular weight is 131 g/mol. The lowest BCUT2D eigenvalue weighted by molar-refractivity contribution is -0.0360. The fraction of sp³-hybridized carbons (Fsp3) is 1.00. The van der Waals surface area contributed by atoms with Crippen LogP contribution in [-0.4, -0.2) is 18.0 Å². The van der Waals surface area contributed by atoms with E-state index >= 15 is 0 Å². The second-order valence-electron chi connectivity index (χ2n) is 1.26. The van der Waals surface area contributed by atoms with Crippen molar-refractivity contribution in [3.05, 3.63) is 0 Å². The molecule has 0 spiro atoms. The van der Waals surface area contributed by atoms with Crippen LogP contribution in [0.5, 0.6) is 0 Å². The summed E-state index contributed by atoms with van der Waals surface area (Å²) >= 11 is 0. The average Bonchev–Trinajstić information content (AvgIpc) is 1.31. The van der Waals surface area contributed by atoms with E-state index in [0.29, 0.717) is 0 Å². The third-order valence-electron chi connectivity index (χ3n) is 0.463. The summed E-state index contributed by atoms with van der Waals surface area (Å²) < 4.78 is 33.6. The van der Waals surface area contributed by atoms with Gasteiger partial charge in [0, 0.05) is 0 Å². The summed E-state index contributed by atoms with van der Waals surface area (Å²) in [6.07, 6.45) is 2.31. The SMILES string of the molecule is C[S+](C)C(F)(F)F. The summed E-state index contributed by atoms with van der Waals surface area (Å²) in [7, 11) is -1.43. The minimum atomic E-state index is -3.97. The molecule has 0 aromatic heterocycles. The predicted molar refractivity (Wildman–Crippen MR) is 25.3 cm³/mol. The lowest BCUT2D eigenvalue weighted by Gasteiger charge is -1.97. The largest absolute Gasteiger partial charge is 0.574 e. The van der Waals surface area contributed by atoms with E-state index in [-0.39, 0.29) is 0 Å². The van der Waals surface area contributed by atoms with E-state index in [1.165, 1.54) is 0 Å². The van der Waals surface area contributed by atoms with Gasteiger partial charge in [-0.05, 0) is 0 Å². The van der Waals surface area contributed by atoms with Crippen LogP contribution in [0.1, 0.15) is 0 Å². The van der Waals surface area contributed by atoms with Gasteiger partial charge in [0.15, 0.2) is 0 Å². The van der Waals surface area contributed by atoms with E-state index in [2.05, 4.69) is 0 Å². The van der Waals surface area contributed by atoms with E-state index in [1.54, 1.807) is 0 Å². The molecule has 0 N–H and O–H groups in total. The number of halogens is 3. The van der Waals surface area contributed by atoms with Gasteiger partial charge in [-0.15, -0.1) is 13.2 Å². The Balaban J connectivity index is 3.54. The van der Waals surface area contributed by atoms with Crippen molar-refractivity contribution in [1.29, 1.82) is 0 Å². The lowest BCUT2D eigenvalue weighted by atomic mass is 11.5. The normalized spacial score (nSPS) is 12.9. The first-order valence-electron chi connectivity index (χ1n) is 1.59. The number of hydrogen-bond acceptors (Lipinski definition) is 0. The summed E-state index contributed by atoms with van der Waals surface area (Å²) in [4.78, 5) is 0. The van der Waals surface area contributed by atoms with Crippen molar-refractivity contribution in [3.8, 4) is 0 Å². The second-order valence-corrected chi connectivity index (χ2v) is 3.36. The zero-order valence-electron chi connectivity index (χ0n) is 4.04. The van der Waals surface area contributed by atoms with Gasteiger partial charge in [-0.2, -0.15) is 0 Å². The molecule has 0 amide bonds. The Hall–Kier alpha value is 0.140. The molecule has 0 radical (unpaired) electrons. The van der Waals surface area contributed by atoms with Crippen LogP contribution in [0.3, 0.4) is 0 Å². The maximum atomic E-state index is 11.2. The molecule has 0 aliphatic carbocycles. The highest BCUT2D eigenvalue weighted by Crippen LogP contribution is 2.21. The van der Waals surface area contributed by atoms with E-state index in [1.807, 2.05) is 0 Å². The Kier molecular flexibility index (Phi) is 1.98. The molecule has 0 aromatic rings. The maximum absolute atomic E-state index is 11.2. The van der Waals surface area contributed by atoms with Crippen LogP contribution in [0.15, 0.2) is 0 Å². The van der Waals surface area contributed by atoms with Gasteiger partial charge in [0.1, 0.15) is 12.5 Å². The van der Waals surface area contributed by atoms with Crippen LogP contribution in [0.4, 0.5) is 13.2 Å². The third-order valence-corrected chi connectivity index (χ3v) is 1.39. The van der Waals surface area contributed by atoms with Gasteiger partial charge in [0.2, 0.25) is 0 Å². The van der Waals surface area contributed by atoms with Crippen molar-refractivity contribution < 1.29 is 13.2 Å². The highest BCUT2D eigenvalue weighted by Gasteiger charge is 2.43. The Morgan fingerprint density at radius 1 is 1.14 bits per heavy atom. The van der Waals surface area contributed by atoms with E-state index in [4.69, 9.17) is 0 Å². The molecule has 0 fully saturated rings. The van der Waals surface area contributed by atoms with E-state index in [0.717, 1.165) is 12.5 Å². The number of hydrogen-bond donors (Lipinski definition) is 0. The Morgan fingerprint density at radius 3 is 1.29 bits per heavy atom. The first-order valence-corrected chi connectivity index (χ1v) is 3.63. The molecule has 44 valence electrons. The molecule has 7 heavy (non-hydrogen) atoms. The molecule has 0 saturated carbocycles. The summed E-state index contributed by atoms with van der Waals surface area (Å²) in [5.74, 6) is 0. The standard InChI is InChI=1S/C3H6F3S/c1-7(2)3(4,5)6/h1-2H3/q+1. The van der Waals surface area contributed by atoms with Crippen LogP contribution < -0.4 is 0 Å². The summed E-state index contributed by atoms with van der Waals surface area (Å²) in [5.41, 5.74) is -3.97. The van der Waals surface area contributed by atoms with Crippen molar-refractivity contribution in [1.82, 2.24) is 0 Å². The summed E-state index contributed by atoms with van der Waals surface area (Å²) in [5, 5.41) is 0. The monoisotopic (exact) mass is 131 g/mol. The molecule has 0 nitrogen and oxygen atoms in total. The van der Waals surface area contributed by atoms with Gasteiger partial charge < -0.3 is 0 Å². The van der Waals surface area contributed by atoms with Gasteiger partial charge in [-0.3, -0.25) is 0 Å². The van der Waals surface area contributed by atoms with Crippen LogP contribution >= 0.6 is 0 Å². The minimum Gasteiger partial charge on any atom is -0.123 e. The molecular formula is C3H6F3S+. The molecule has 0 heterocycles. The molecule has 0 aliphatic rings. The van der Waals surface area contributed by atoms with Crippen LogP contribution in [0.2, 0.25) is 0 Å². The Morgan fingerprint density at radius 2 is 1.29 bits per heavy atom. The van der Waals surface area contributed by atoms with Crippen LogP contribution in [-0.2, 0) is 10.9 Å². The molecule has 0 aliphatic heterocycles. The minimum absolute atomic E-state index is 1.15. The van der Waals surface area contributed by atoms with Gasteiger partial charge in [0.05, 0.1) is 10.9 Å². The highest BCUT2D eigenvalue weighted by molar-refractivity contribution is 7.96. The topological polar surface area (TPSA) is 0 Å². The molecule has 0 rings (SSSR count). The van der Waals surface area contributed by atoms with Crippen LogP contribution in [0, 0.1) is 0 Å². The summed E-state index contributed by atoms with van der Waals surface area (Å²) in [6.45, 7) is 0. The van der Waals surface area contributed by atoms with Crippen molar-refractivity contribution in [3.63, 3.8) is 0 Å². The smallest absolute Gasteiger partial charge is 0.123 e. The van der Waals surface area contributed by atoms with E-state index < -0.39 is 16.4 Å². The molecule has 0 aromatic carbocycles. The Bertz CT molecular complexity index is 55.7. The van der Waals surface area contributed by atoms with Gasteiger partial charge >= 0.3 is 5.51 Å². The van der Waals surface area contributed by atoms with Crippen molar-refractivity contribution >= 4 is 10.9 Å². The van der Waals surface area contributed by atoms with E-state index in [9.17, 15) is 13.2 Å².